The predicted octanol–water partition coefficient (Wildman–Crippen LogP) is 0.982. The van der Waals surface area contributed by atoms with Gasteiger partial charge in [-0.2, -0.15) is 0 Å². The van der Waals surface area contributed by atoms with Crippen molar-refractivity contribution in [1.82, 2.24) is 0 Å². The van der Waals surface area contributed by atoms with Crippen LogP contribution >= 0.6 is 0 Å². The second-order valence-electron chi connectivity index (χ2n) is 1.45. The molecule has 0 atom stereocenters. The fraction of sp³-hybridized carbons (Fsp3) is 0.286. The number of rotatable bonds is 4. The van der Waals surface area contributed by atoms with Crippen molar-refractivity contribution in [3.8, 4) is 0 Å². The standard InChI is InChI=1S/C7H10O2Se/c1-3-5-10-6-4-7(8)9-2/h3-4,6H,1,5H2,2H3. The molecule has 0 aliphatic carbocycles. The van der Waals surface area contributed by atoms with E-state index in [1.807, 2.05) is 11.1 Å². The monoisotopic (exact) mass is 206 g/mol. The first kappa shape index (κ1) is 9.47. The molecule has 0 aliphatic rings. The summed E-state index contributed by atoms with van der Waals surface area (Å²) in [5.74, 6) is -0.286. The van der Waals surface area contributed by atoms with Gasteiger partial charge in [0.25, 0.3) is 0 Å². The Labute approximate surface area is 67.1 Å². The quantitative estimate of drug-likeness (QED) is 0.225. The van der Waals surface area contributed by atoms with Crippen molar-refractivity contribution < 1.29 is 9.53 Å². The van der Waals surface area contributed by atoms with Gasteiger partial charge in [0.1, 0.15) is 0 Å². The van der Waals surface area contributed by atoms with Gasteiger partial charge in [-0.1, -0.05) is 0 Å². The second-order valence-corrected chi connectivity index (χ2v) is 3.42. The Morgan fingerprint density at radius 3 is 3.00 bits per heavy atom. The summed E-state index contributed by atoms with van der Waals surface area (Å²) in [6, 6.07) is 0. The Morgan fingerprint density at radius 2 is 2.50 bits per heavy atom. The summed E-state index contributed by atoms with van der Waals surface area (Å²) < 4.78 is 4.39. The molecular formula is C7H10O2Se. The van der Waals surface area contributed by atoms with Crippen LogP contribution in [0.5, 0.6) is 0 Å². The molecule has 0 rings (SSSR count). The summed E-state index contributed by atoms with van der Waals surface area (Å²) in [6.45, 7) is 3.56. The van der Waals surface area contributed by atoms with Crippen LogP contribution in [0.25, 0.3) is 0 Å². The number of hydrogen-bond donors (Lipinski definition) is 0. The van der Waals surface area contributed by atoms with Crippen molar-refractivity contribution in [2.45, 2.75) is 5.32 Å². The van der Waals surface area contributed by atoms with Crippen molar-refractivity contribution >= 4 is 20.9 Å². The maximum atomic E-state index is 10.5. The zero-order valence-electron chi connectivity index (χ0n) is 5.87. The first-order chi connectivity index (χ1) is 4.81. The number of ether oxygens (including phenoxy) is 1. The van der Waals surface area contributed by atoms with Gasteiger partial charge in [-0.05, 0) is 0 Å². The molecule has 0 spiro atoms. The molecule has 0 saturated carbocycles. The van der Waals surface area contributed by atoms with E-state index in [-0.39, 0.29) is 5.97 Å². The molecule has 0 unspecified atom stereocenters. The average Bonchev–Trinajstić information content (AvgIpc) is 1.98. The van der Waals surface area contributed by atoms with Gasteiger partial charge in [-0.25, -0.2) is 0 Å². The molecule has 0 aromatic carbocycles. The van der Waals surface area contributed by atoms with Gasteiger partial charge in [0, 0.05) is 0 Å². The Bertz CT molecular complexity index is 141. The summed E-state index contributed by atoms with van der Waals surface area (Å²) in [6.07, 6.45) is 3.28. The van der Waals surface area contributed by atoms with Crippen LogP contribution in [-0.2, 0) is 9.53 Å². The fourth-order valence-corrected chi connectivity index (χ4v) is 1.25. The summed E-state index contributed by atoms with van der Waals surface area (Å²) in [5.41, 5.74) is 0. The molecule has 0 N–H and O–H groups in total. The zero-order valence-corrected chi connectivity index (χ0v) is 7.58. The molecule has 3 heteroatoms. The zero-order chi connectivity index (χ0) is 7.82. The van der Waals surface area contributed by atoms with E-state index in [0.29, 0.717) is 15.0 Å². The minimum absolute atomic E-state index is 0.286. The van der Waals surface area contributed by atoms with Crippen molar-refractivity contribution in [3.05, 3.63) is 23.7 Å². The first-order valence-corrected chi connectivity index (χ1v) is 4.98. The number of carbonyl (C=O) groups excluding carboxylic acids is 1. The summed E-state index contributed by atoms with van der Waals surface area (Å²) in [5, 5.41) is 0.959. The Morgan fingerprint density at radius 1 is 1.80 bits per heavy atom. The Hall–Kier alpha value is -0.531. The van der Waals surface area contributed by atoms with Crippen molar-refractivity contribution in [3.63, 3.8) is 0 Å². The minimum atomic E-state index is -0.286. The van der Waals surface area contributed by atoms with Crippen LogP contribution in [0.4, 0.5) is 0 Å². The molecule has 10 heavy (non-hydrogen) atoms. The van der Waals surface area contributed by atoms with Crippen LogP contribution in [0.15, 0.2) is 23.7 Å². The molecule has 0 fully saturated rings. The molecule has 0 aliphatic heterocycles. The molecule has 0 radical (unpaired) electrons. The van der Waals surface area contributed by atoms with Crippen LogP contribution < -0.4 is 0 Å². The van der Waals surface area contributed by atoms with Crippen LogP contribution in [0, 0.1) is 0 Å². The molecule has 0 heterocycles. The summed E-state index contributed by atoms with van der Waals surface area (Å²) in [4.78, 5) is 12.3. The Kier molecular flexibility index (Phi) is 6.24. The van der Waals surface area contributed by atoms with Crippen LogP contribution in [0.2, 0.25) is 5.32 Å². The van der Waals surface area contributed by atoms with Gasteiger partial charge >= 0.3 is 66.6 Å². The van der Waals surface area contributed by atoms with Crippen LogP contribution in [0.3, 0.4) is 0 Å². The number of hydrogen-bond acceptors (Lipinski definition) is 2. The van der Waals surface area contributed by atoms with Gasteiger partial charge in [0.2, 0.25) is 0 Å². The van der Waals surface area contributed by atoms with E-state index in [0.717, 1.165) is 5.32 Å². The van der Waals surface area contributed by atoms with E-state index in [1.54, 1.807) is 0 Å². The number of methoxy groups -OCH3 is 1. The third-order valence-corrected chi connectivity index (χ3v) is 2.30. The molecular weight excluding hydrogens is 195 g/mol. The SMILES string of the molecule is C=CC[Se]C=CC(=O)OC. The topological polar surface area (TPSA) is 26.3 Å². The molecule has 0 aromatic heterocycles. The average molecular weight is 205 g/mol. The third-order valence-electron chi connectivity index (χ3n) is 0.716. The van der Waals surface area contributed by atoms with E-state index < -0.39 is 0 Å². The van der Waals surface area contributed by atoms with Crippen LogP contribution in [0.1, 0.15) is 0 Å². The van der Waals surface area contributed by atoms with Crippen molar-refractivity contribution in [2.75, 3.05) is 7.11 Å². The van der Waals surface area contributed by atoms with Gasteiger partial charge in [0.05, 0.1) is 0 Å². The van der Waals surface area contributed by atoms with E-state index >= 15 is 0 Å². The van der Waals surface area contributed by atoms with Crippen molar-refractivity contribution in [1.29, 1.82) is 0 Å². The Balaban J connectivity index is 3.35. The normalized spacial score (nSPS) is 9.70. The summed E-state index contributed by atoms with van der Waals surface area (Å²) in [7, 11) is 1.37. The predicted molar refractivity (Wildman–Crippen MR) is 41.9 cm³/mol. The van der Waals surface area contributed by atoms with Gasteiger partial charge in [0.15, 0.2) is 0 Å². The van der Waals surface area contributed by atoms with Crippen LogP contribution in [-0.4, -0.2) is 28.0 Å². The molecule has 0 amide bonds. The van der Waals surface area contributed by atoms with Crippen molar-refractivity contribution in [2.24, 2.45) is 0 Å². The third kappa shape index (κ3) is 5.60. The molecule has 56 valence electrons. The van der Waals surface area contributed by atoms with E-state index in [4.69, 9.17) is 0 Å². The van der Waals surface area contributed by atoms with E-state index in [2.05, 4.69) is 11.3 Å². The molecule has 0 aromatic rings. The van der Waals surface area contributed by atoms with Gasteiger partial charge in [-0.3, -0.25) is 0 Å². The number of allylic oxidation sites excluding steroid dienone is 1. The summed E-state index contributed by atoms with van der Waals surface area (Å²) >= 11 is 0.357. The van der Waals surface area contributed by atoms with Gasteiger partial charge < -0.3 is 0 Å². The van der Waals surface area contributed by atoms with E-state index in [1.165, 1.54) is 13.2 Å². The number of esters is 1. The number of carbonyl (C=O) groups is 1. The maximum absolute atomic E-state index is 10.5. The molecule has 0 bridgehead atoms. The molecule has 2 nitrogen and oxygen atoms in total. The second kappa shape index (κ2) is 6.59. The van der Waals surface area contributed by atoms with Gasteiger partial charge in [-0.15, -0.1) is 0 Å². The van der Waals surface area contributed by atoms with E-state index in [9.17, 15) is 4.79 Å². The first-order valence-electron chi connectivity index (χ1n) is 2.78. The fourth-order valence-electron chi connectivity index (χ4n) is 0.295. The molecule has 0 saturated heterocycles.